The van der Waals surface area contributed by atoms with E-state index in [0.29, 0.717) is 19.5 Å². The Morgan fingerprint density at radius 2 is 1.83 bits per heavy atom. The summed E-state index contributed by atoms with van der Waals surface area (Å²) in [5, 5.41) is 8.77. The summed E-state index contributed by atoms with van der Waals surface area (Å²) in [6.07, 6.45) is 0.327. The number of anilines is 1. The average molecular weight is 320 g/mol. The molecule has 0 unspecified atom stereocenters. The van der Waals surface area contributed by atoms with Crippen molar-refractivity contribution >= 4 is 17.6 Å². The van der Waals surface area contributed by atoms with Crippen molar-refractivity contribution in [3.63, 3.8) is 0 Å². The number of aliphatic carboxylic acids is 1. The SMILES string of the molecule is COc1ccccc1N1CCN(C(=O)C[C@H](C)CC(=O)O)CC1. The van der Waals surface area contributed by atoms with Gasteiger partial charge in [0.15, 0.2) is 0 Å². The minimum Gasteiger partial charge on any atom is -0.495 e. The third-order valence-electron chi connectivity index (χ3n) is 4.10. The van der Waals surface area contributed by atoms with Crippen LogP contribution >= 0.6 is 0 Å². The molecule has 0 bridgehead atoms. The summed E-state index contributed by atoms with van der Waals surface area (Å²) in [5.74, 6) is -0.112. The number of carboxylic acids is 1. The van der Waals surface area contributed by atoms with Crippen LogP contribution in [0.3, 0.4) is 0 Å². The highest BCUT2D eigenvalue weighted by Gasteiger charge is 2.24. The third-order valence-corrected chi connectivity index (χ3v) is 4.10. The summed E-state index contributed by atoms with van der Waals surface area (Å²) in [6, 6.07) is 7.86. The van der Waals surface area contributed by atoms with Crippen molar-refractivity contribution in [1.29, 1.82) is 0 Å². The van der Waals surface area contributed by atoms with Crippen molar-refractivity contribution in [3.8, 4) is 5.75 Å². The van der Waals surface area contributed by atoms with Gasteiger partial charge in [-0.25, -0.2) is 0 Å². The van der Waals surface area contributed by atoms with Gasteiger partial charge in [-0.05, 0) is 18.1 Å². The summed E-state index contributed by atoms with van der Waals surface area (Å²) in [4.78, 5) is 27.0. The normalized spacial score (nSPS) is 16.1. The number of hydrogen-bond acceptors (Lipinski definition) is 4. The molecule has 23 heavy (non-hydrogen) atoms. The molecule has 0 aliphatic carbocycles. The predicted octanol–water partition coefficient (Wildman–Crippen LogP) is 1.84. The number of piperazine rings is 1. The lowest BCUT2D eigenvalue weighted by atomic mass is 10.0. The summed E-state index contributed by atoms with van der Waals surface area (Å²) < 4.78 is 5.38. The van der Waals surface area contributed by atoms with Crippen LogP contribution in [0, 0.1) is 5.92 Å². The van der Waals surface area contributed by atoms with Crippen molar-refractivity contribution in [3.05, 3.63) is 24.3 Å². The highest BCUT2D eigenvalue weighted by molar-refractivity contribution is 5.77. The molecule has 126 valence electrons. The predicted molar refractivity (Wildman–Crippen MR) is 87.8 cm³/mol. The van der Waals surface area contributed by atoms with Gasteiger partial charge in [-0.1, -0.05) is 19.1 Å². The number of amides is 1. The van der Waals surface area contributed by atoms with E-state index in [4.69, 9.17) is 9.84 Å². The molecular formula is C17H24N2O4. The minimum atomic E-state index is -0.855. The van der Waals surface area contributed by atoms with E-state index in [0.717, 1.165) is 24.5 Å². The van der Waals surface area contributed by atoms with Gasteiger partial charge in [-0.15, -0.1) is 0 Å². The molecule has 1 aromatic carbocycles. The molecule has 1 atom stereocenters. The van der Waals surface area contributed by atoms with Crippen LogP contribution in [0.4, 0.5) is 5.69 Å². The van der Waals surface area contributed by atoms with Crippen LogP contribution < -0.4 is 9.64 Å². The van der Waals surface area contributed by atoms with Crippen LogP contribution in [0.2, 0.25) is 0 Å². The molecule has 0 aromatic heterocycles. The standard InChI is InChI=1S/C17H24N2O4/c1-13(12-17(21)22)11-16(20)19-9-7-18(8-10-19)14-5-3-4-6-15(14)23-2/h3-6,13H,7-12H2,1-2H3,(H,21,22)/t13-/m0/s1. The van der Waals surface area contributed by atoms with E-state index in [1.165, 1.54) is 0 Å². The van der Waals surface area contributed by atoms with Gasteiger partial charge in [0.2, 0.25) is 5.91 Å². The molecule has 0 radical (unpaired) electrons. The van der Waals surface area contributed by atoms with Gasteiger partial charge in [0.1, 0.15) is 5.75 Å². The van der Waals surface area contributed by atoms with Crippen molar-refractivity contribution in [2.24, 2.45) is 5.92 Å². The quantitative estimate of drug-likeness (QED) is 0.866. The average Bonchev–Trinajstić information content (AvgIpc) is 2.54. The zero-order valence-electron chi connectivity index (χ0n) is 13.7. The lowest BCUT2D eigenvalue weighted by molar-refractivity contribution is -0.138. The first-order chi connectivity index (χ1) is 11.0. The molecule has 1 N–H and O–H groups in total. The van der Waals surface area contributed by atoms with Crippen molar-refractivity contribution in [2.45, 2.75) is 19.8 Å². The molecule has 1 saturated heterocycles. The van der Waals surface area contributed by atoms with Crippen LogP contribution in [-0.4, -0.2) is 55.2 Å². The maximum absolute atomic E-state index is 12.2. The number of methoxy groups -OCH3 is 1. The molecule has 1 heterocycles. The second-order valence-electron chi connectivity index (χ2n) is 5.95. The van der Waals surface area contributed by atoms with E-state index < -0.39 is 5.97 Å². The second-order valence-corrected chi connectivity index (χ2v) is 5.95. The van der Waals surface area contributed by atoms with Crippen LogP contribution in [0.15, 0.2) is 24.3 Å². The van der Waals surface area contributed by atoms with Gasteiger partial charge in [0, 0.05) is 39.0 Å². The Labute approximate surface area is 136 Å². The van der Waals surface area contributed by atoms with Gasteiger partial charge >= 0.3 is 5.97 Å². The Kier molecular flexibility index (Phi) is 5.84. The number of nitrogens with zero attached hydrogens (tertiary/aromatic N) is 2. The fraction of sp³-hybridized carbons (Fsp3) is 0.529. The summed E-state index contributed by atoms with van der Waals surface area (Å²) >= 11 is 0. The molecule has 1 aliphatic heterocycles. The first-order valence-corrected chi connectivity index (χ1v) is 7.88. The van der Waals surface area contributed by atoms with E-state index in [2.05, 4.69) is 4.90 Å². The van der Waals surface area contributed by atoms with E-state index in [9.17, 15) is 9.59 Å². The Bertz CT molecular complexity index is 553. The Morgan fingerprint density at radius 3 is 2.43 bits per heavy atom. The third kappa shape index (κ3) is 4.61. The highest BCUT2D eigenvalue weighted by Crippen LogP contribution is 2.28. The number of carboxylic acid groups (broad SMARTS) is 1. The molecule has 1 aliphatic rings. The van der Waals surface area contributed by atoms with Crippen molar-refractivity contribution < 1.29 is 19.4 Å². The molecular weight excluding hydrogens is 296 g/mol. The summed E-state index contributed by atoms with van der Waals surface area (Å²) in [6.45, 7) is 4.60. The highest BCUT2D eigenvalue weighted by atomic mass is 16.5. The molecule has 1 aromatic rings. The number of ether oxygens (including phenoxy) is 1. The number of para-hydroxylation sites is 2. The topological polar surface area (TPSA) is 70.1 Å². The first kappa shape index (κ1) is 17.1. The van der Waals surface area contributed by atoms with Crippen LogP contribution in [0.25, 0.3) is 0 Å². The van der Waals surface area contributed by atoms with E-state index in [-0.39, 0.29) is 18.2 Å². The van der Waals surface area contributed by atoms with Gasteiger partial charge in [0.05, 0.1) is 12.8 Å². The van der Waals surface area contributed by atoms with E-state index in [1.54, 1.807) is 14.0 Å². The van der Waals surface area contributed by atoms with E-state index in [1.807, 2.05) is 29.2 Å². The van der Waals surface area contributed by atoms with Gasteiger partial charge in [-0.2, -0.15) is 0 Å². The fourth-order valence-corrected chi connectivity index (χ4v) is 2.89. The summed E-state index contributed by atoms with van der Waals surface area (Å²) in [7, 11) is 1.66. The number of benzene rings is 1. The van der Waals surface area contributed by atoms with Gasteiger partial charge < -0.3 is 19.6 Å². The minimum absolute atomic E-state index is 0.0346. The van der Waals surface area contributed by atoms with Crippen LogP contribution in [0.5, 0.6) is 5.75 Å². The Hall–Kier alpha value is -2.24. The van der Waals surface area contributed by atoms with Crippen LogP contribution in [-0.2, 0) is 9.59 Å². The van der Waals surface area contributed by atoms with Crippen LogP contribution in [0.1, 0.15) is 19.8 Å². The largest absolute Gasteiger partial charge is 0.495 e. The molecule has 6 nitrogen and oxygen atoms in total. The Balaban J connectivity index is 1.88. The molecule has 6 heteroatoms. The molecule has 2 rings (SSSR count). The molecule has 0 spiro atoms. The lowest BCUT2D eigenvalue weighted by Crippen LogP contribution is -2.49. The number of rotatable bonds is 6. The van der Waals surface area contributed by atoms with Crippen molar-refractivity contribution in [1.82, 2.24) is 4.90 Å². The maximum Gasteiger partial charge on any atom is 0.303 e. The molecule has 0 saturated carbocycles. The zero-order valence-corrected chi connectivity index (χ0v) is 13.7. The summed E-state index contributed by atoms with van der Waals surface area (Å²) in [5.41, 5.74) is 1.04. The lowest BCUT2D eigenvalue weighted by Gasteiger charge is -2.37. The smallest absolute Gasteiger partial charge is 0.303 e. The molecule has 1 fully saturated rings. The van der Waals surface area contributed by atoms with Crippen molar-refractivity contribution in [2.75, 3.05) is 38.2 Å². The monoisotopic (exact) mass is 320 g/mol. The first-order valence-electron chi connectivity index (χ1n) is 7.88. The second kappa shape index (κ2) is 7.85. The van der Waals surface area contributed by atoms with Gasteiger partial charge in [-0.3, -0.25) is 9.59 Å². The zero-order chi connectivity index (χ0) is 16.8. The fourth-order valence-electron chi connectivity index (χ4n) is 2.89. The molecule has 1 amide bonds. The number of carbonyl (C=O) groups excluding carboxylic acids is 1. The number of hydrogen-bond donors (Lipinski definition) is 1. The maximum atomic E-state index is 12.2. The number of carbonyl (C=O) groups is 2. The Morgan fingerprint density at radius 1 is 1.17 bits per heavy atom. The van der Waals surface area contributed by atoms with Gasteiger partial charge in [0.25, 0.3) is 0 Å². The van der Waals surface area contributed by atoms with E-state index >= 15 is 0 Å².